The van der Waals surface area contributed by atoms with Gasteiger partial charge in [-0.15, -0.1) is 11.3 Å². The zero-order valence-electron chi connectivity index (χ0n) is 18.2. The van der Waals surface area contributed by atoms with Gasteiger partial charge in [0.15, 0.2) is 5.11 Å². The molecule has 2 heterocycles. The fourth-order valence-electron chi connectivity index (χ4n) is 3.83. The van der Waals surface area contributed by atoms with E-state index >= 15 is 0 Å². The summed E-state index contributed by atoms with van der Waals surface area (Å²) in [6.45, 7) is 3.56. The van der Waals surface area contributed by atoms with Gasteiger partial charge in [0.1, 0.15) is 5.75 Å². The molecule has 3 aromatic rings. The minimum atomic E-state index is -0.533. The molecule has 1 aromatic heterocycles. The summed E-state index contributed by atoms with van der Waals surface area (Å²) in [6, 6.07) is 12.1. The lowest BCUT2D eigenvalue weighted by Gasteiger charge is -2.23. The number of fused-ring (bicyclic) bond motifs is 1. The van der Waals surface area contributed by atoms with Crippen molar-refractivity contribution >= 4 is 75.4 Å². The lowest BCUT2D eigenvalue weighted by atomic mass is 10.0. The Hall–Kier alpha value is -3.10. The molecule has 172 valence electrons. The largest absolute Gasteiger partial charge is 0.494 e. The number of nitrogens with zero attached hydrogens (tertiary/aromatic N) is 2. The van der Waals surface area contributed by atoms with Crippen LogP contribution in [0, 0.1) is 25.2 Å². The zero-order chi connectivity index (χ0) is 24.6. The highest BCUT2D eigenvalue weighted by atomic mass is 35.5. The van der Waals surface area contributed by atoms with Crippen LogP contribution in [0.5, 0.6) is 5.75 Å². The van der Waals surface area contributed by atoms with Crippen LogP contribution in [0.4, 0.5) is 11.4 Å². The molecule has 0 spiro atoms. The number of imide groups is 1. The third-order valence-corrected chi connectivity index (χ3v) is 7.68. The molecule has 0 aliphatic carbocycles. The van der Waals surface area contributed by atoms with Crippen LogP contribution < -0.4 is 19.7 Å². The first kappa shape index (κ1) is 24.0. The Morgan fingerprint density at radius 1 is 1.24 bits per heavy atom. The first-order valence-electron chi connectivity index (χ1n) is 9.86. The molecule has 4 rings (SSSR count). The van der Waals surface area contributed by atoms with Crippen molar-refractivity contribution in [2.45, 2.75) is 18.1 Å². The number of ether oxygens (including phenoxy) is 1. The number of thiocarbonyl (C=S) groups is 1. The number of nitriles is 1. The smallest absolute Gasteiger partial charge is 0.267 e. The Kier molecular flexibility index (Phi) is 6.81. The third-order valence-electron chi connectivity index (χ3n) is 5.18. The minimum absolute atomic E-state index is 0.117. The van der Waals surface area contributed by atoms with Gasteiger partial charge in [-0.1, -0.05) is 17.7 Å². The monoisotopic (exact) mass is 528 g/mol. The molecule has 0 bridgehead atoms. The quantitative estimate of drug-likeness (QED) is 0.248. The molecule has 0 radical (unpaired) electrons. The van der Waals surface area contributed by atoms with Crippen molar-refractivity contribution in [3.8, 4) is 11.8 Å². The molecule has 0 atom stereocenters. The van der Waals surface area contributed by atoms with Crippen LogP contribution in [-0.2, 0) is 0 Å². The predicted octanol–water partition coefficient (Wildman–Crippen LogP) is 5.69. The van der Waals surface area contributed by atoms with E-state index in [0.29, 0.717) is 37.7 Å². The van der Waals surface area contributed by atoms with E-state index in [1.54, 1.807) is 38.1 Å². The molecular formula is C23H17ClN4O3S3. The highest BCUT2D eigenvalue weighted by Gasteiger charge is 2.40. The summed E-state index contributed by atoms with van der Waals surface area (Å²) in [5, 5.41) is 12.9. The number of aryl methyl sites for hydroxylation is 1. The zero-order valence-corrected chi connectivity index (χ0v) is 21.4. The number of carbonyl (C=O) groups excluding carboxylic acids is 2. The normalized spacial score (nSPS) is 12.4. The number of anilines is 2. The van der Waals surface area contributed by atoms with E-state index in [4.69, 9.17) is 28.6 Å². The van der Waals surface area contributed by atoms with E-state index in [-0.39, 0.29) is 16.7 Å². The molecule has 0 unspecified atom stereocenters. The van der Waals surface area contributed by atoms with Gasteiger partial charge in [0, 0.05) is 5.56 Å². The summed E-state index contributed by atoms with van der Waals surface area (Å²) in [6.07, 6.45) is 0. The summed E-state index contributed by atoms with van der Waals surface area (Å²) in [5.41, 5.74) is 2.73. The number of thiophene rings is 1. The lowest BCUT2D eigenvalue weighted by Crippen LogP contribution is -2.31. The lowest BCUT2D eigenvalue weighted by molar-refractivity contribution is 0.0925. The molecule has 0 fully saturated rings. The second-order valence-corrected chi connectivity index (χ2v) is 10.5. The second-order valence-electron chi connectivity index (χ2n) is 7.25. The van der Waals surface area contributed by atoms with Crippen LogP contribution in [0.2, 0.25) is 4.34 Å². The summed E-state index contributed by atoms with van der Waals surface area (Å²) in [7, 11) is 1.50. The number of carbonyl (C=O) groups is 2. The number of hydrogen-bond acceptors (Lipinski definition) is 7. The summed E-state index contributed by atoms with van der Waals surface area (Å²) < 4.78 is 10.3. The van der Waals surface area contributed by atoms with Crippen molar-refractivity contribution < 1.29 is 14.3 Å². The van der Waals surface area contributed by atoms with Crippen LogP contribution in [0.25, 0.3) is 0 Å². The molecule has 1 aliphatic rings. The summed E-state index contributed by atoms with van der Waals surface area (Å²) in [4.78, 5) is 27.5. The number of hydrogen-bond donors (Lipinski definition) is 2. The van der Waals surface area contributed by atoms with Crippen LogP contribution in [0.1, 0.15) is 37.4 Å². The predicted molar refractivity (Wildman–Crippen MR) is 139 cm³/mol. The fourth-order valence-corrected chi connectivity index (χ4v) is 5.92. The standard InChI is InChI=1S/C23H17ClN4O3S3/c1-11-9-15(26-23(32)27-34-17-8-7-16(24)33-17)20(31-3)12(2)19(11)28-21(29)14-6-4-5-13(10-25)18(14)22(28)30/h4-9H,1-3H3,(H2,26,27,32). The number of rotatable bonds is 5. The maximum atomic E-state index is 13.2. The SMILES string of the molecule is COc1c(NC(=S)NSc2ccc(Cl)s2)cc(C)c(N2C(=O)c3cccc(C#N)c3C2=O)c1C. The van der Waals surface area contributed by atoms with Gasteiger partial charge < -0.3 is 14.8 Å². The van der Waals surface area contributed by atoms with Crippen molar-refractivity contribution in [1.82, 2.24) is 4.72 Å². The molecule has 0 saturated carbocycles. The van der Waals surface area contributed by atoms with Crippen LogP contribution in [0.15, 0.2) is 40.6 Å². The molecule has 1 aliphatic heterocycles. The Bertz CT molecular complexity index is 1400. The molecule has 0 saturated heterocycles. The minimum Gasteiger partial charge on any atom is -0.494 e. The van der Waals surface area contributed by atoms with Crippen molar-refractivity contribution in [3.05, 3.63) is 68.6 Å². The van der Waals surface area contributed by atoms with Crippen molar-refractivity contribution in [2.24, 2.45) is 0 Å². The van der Waals surface area contributed by atoms with Crippen molar-refractivity contribution in [2.75, 3.05) is 17.3 Å². The topological polar surface area (TPSA) is 94.5 Å². The van der Waals surface area contributed by atoms with E-state index in [2.05, 4.69) is 10.0 Å². The van der Waals surface area contributed by atoms with Crippen LogP contribution in [0.3, 0.4) is 0 Å². The Balaban J connectivity index is 1.65. The first-order valence-corrected chi connectivity index (χ1v) is 12.3. The van der Waals surface area contributed by atoms with E-state index in [0.717, 1.165) is 9.11 Å². The average molecular weight is 529 g/mol. The number of amides is 2. The van der Waals surface area contributed by atoms with Crippen LogP contribution in [-0.4, -0.2) is 24.0 Å². The highest BCUT2D eigenvalue weighted by molar-refractivity contribution is 8.00. The number of benzene rings is 2. The maximum Gasteiger partial charge on any atom is 0.267 e. The van der Waals surface area contributed by atoms with Gasteiger partial charge in [-0.3, -0.25) is 9.59 Å². The highest BCUT2D eigenvalue weighted by Crippen LogP contribution is 2.42. The van der Waals surface area contributed by atoms with Gasteiger partial charge in [-0.05, 0) is 73.9 Å². The second kappa shape index (κ2) is 9.64. The summed E-state index contributed by atoms with van der Waals surface area (Å²) in [5.74, 6) is -0.574. The van der Waals surface area contributed by atoms with Gasteiger partial charge >= 0.3 is 0 Å². The van der Waals surface area contributed by atoms with Crippen molar-refractivity contribution in [3.63, 3.8) is 0 Å². The number of methoxy groups -OCH3 is 1. The maximum absolute atomic E-state index is 13.2. The molecule has 34 heavy (non-hydrogen) atoms. The first-order chi connectivity index (χ1) is 16.3. The van der Waals surface area contributed by atoms with Gasteiger partial charge in [0.05, 0.1) is 49.8 Å². The summed E-state index contributed by atoms with van der Waals surface area (Å²) >= 11 is 14.1. The molecule has 2 amide bonds. The Morgan fingerprint density at radius 3 is 2.65 bits per heavy atom. The van der Waals surface area contributed by atoms with E-state index in [1.165, 1.54) is 36.5 Å². The van der Waals surface area contributed by atoms with Crippen molar-refractivity contribution in [1.29, 1.82) is 5.26 Å². The molecule has 11 heteroatoms. The molecule has 2 N–H and O–H groups in total. The van der Waals surface area contributed by atoms with Gasteiger partial charge in [-0.25, -0.2) is 4.90 Å². The van der Waals surface area contributed by atoms with Gasteiger partial charge in [-0.2, -0.15) is 5.26 Å². The van der Waals surface area contributed by atoms with Gasteiger partial charge in [0.25, 0.3) is 11.8 Å². The van der Waals surface area contributed by atoms with Gasteiger partial charge in [0.2, 0.25) is 0 Å². The fraction of sp³-hybridized carbons (Fsp3) is 0.130. The average Bonchev–Trinajstić information content (AvgIpc) is 3.34. The van der Waals surface area contributed by atoms with Crippen LogP contribution >= 0.6 is 47.1 Å². The molecule has 7 nitrogen and oxygen atoms in total. The number of halogens is 1. The number of nitrogens with one attached hydrogen (secondary N) is 2. The van der Waals surface area contributed by atoms with E-state index in [9.17, 15) is 14.9 Å². The van der Waals surface area contributed by atoms with E-state index < -0.39 is 11.8 Å². The molecule has 2 aromatic carbocycles. The Morgan fingerprint density at radius 2 is 2.00 bits per heavy atom. The van der Waals surface area contributed by atoms with E-state index in [1.807, 2.05) is 12.1 Å². The molecular weight excluding hydrogens is 512 g/mol. The Labute approximate surface area is 214 Å². The third kappa shape index (κ3) is 4.23.